The number of nitrogens with one attached hydrogen (secondary N) is 1. The third kappa shape index (κ3) is 3.49. The molecule has 0 spiro atoms. The van der Waals surface area contributed by atoms with Crippen molar-refractivity contribution < 1.29 is 0 Å². The molecule has 1 nitrogen and oxygen atoms in total. The predicted octanol–water partition coefficient (Wildman–Crippen LogP) is 3.48. The minimum atomic E-state index is 0.852. The molecule has 2 fully saturated rings. The molecule has 0 amide bonds. The standard InChI is InChI=1S/C15H21NS/c1-2-13(11-16-9-1)10-12-3-5-14(6-4-12)17-15-7-8-15/h3-6,13,15-16H,1-2,7-11H2. The van der Waals surface area contributed by atoms with E-state index in [2.05, 4.69) is 41.3 Å². The van der Waals surface area contributed by atoms with Crippen molar-refractivity contribution in [3.63, 3.8) is 0 Å². The Morgan fingerprint density at radius 2 is 1.94 bits per heavy atom. The second-order valence-electron chi connectivity index (χ2n) is 5.38. The van der Waals surface area contributed by atoms with Gasteiger partial charge < -0.3 is 5.32 Å². The summed E-state index contributed by atoms with van der Waals surface area (Å²) in [5, 5.41) is 4.42. The molecule has 0 aromatic heterocycles. The Labute approximate surface area is 108 Å². The zero-order valence-corrected chi connectivity index (χ0v) is 11.1. The first-order valence-electron chi connectivity index (χ1n) is 6.86. The lowest BCUT2D eigenvalue weighted by Gasteiger charge is -2.22. The van der Waals surface area contributed by atoms with Crippen molar-refractivity contribution in [3.05, 3.63) is 29.8 Å². The van der Waals surface area contributed by atoms with Gasteiger partial charge in [-0.2, -0.15) is 0 Å². The SMILES string of the molecule is c1cc(SC2CC2)ccc1CC1CCCNC1. The second-order valence-corrected chi connectivity index (χ2v) is 6.75. The van der Waals surface area contributed by atoms with Gasteiger partial charge in [0, 0.05) is 10.1 Å². The fraction of sp³-hybridized carbons (Fsp3) is 0.600. The largest absolute Gasteiger partial charge is 0.316 e. The van der Waals surface area contributed by atoms with Gasteiger partial charge in [-0.1, -0.05) is 12.1 Å². The Hall–Kier alpha value is -0.470. The van der Waals surface area contributed by atoms with Gasteiger partial charge in [0.25, 0.3) is 0 Å². The van der Waals surface area contributed by atoms with Crippen LogP contribution in [0.1, 0.15) is 31.2 Å². The van der Waals surface area contributed by atoms with Crippen LogP contribution in [-0.2, 0) is 6.42 Å². The molecule has 2 aliphatic rings. The predicted molar refractivity (Wildman–Crippen MR) is 74.6 cm³/mol. The van der Waals surface area contributed by atoms with Crippen LogP contribution < -0.4 is 5.32 Å². The molecule has 0 radical (unpaired) electrons. The highest BCUT2D eigenvalue weighted by Crippen LogP contribution is 2.39. The fourth-order valence-electron chi connectivity index (χ4n) is 2.51. The van der Waals surface area contributed by atoms with Crippen molar-refractivity contribution in [1.29, 1.82) is 0 Å². The highest BCUT2D eigenvalue weighted by atomic mass is 32.2. The van der Waals surface area contributed by atoms with Crippen molar-refractivity contribution in [2.45, 2.75) is 42.2 Å². The van der Waals surface area contributed by atoms with E-state index in [1.165, 1.54) is 55.7 Å². The van der Waals surface area contributed by atoms with E-state index >= 15 is 0 Å². The first kappa shape index (κ1) is 11.6. The monoisotopic (exact) mass is 247 g/mol. The summed E-state index contributed by atoms with van der Waals surface area (Å²) in [7, 11) is 0. The molecule has 92 valence electrons. The Balaban J connectivity index is 1.55. The van der Waals surface area contributed by atoms with Crippen LogP contribution in [0.4, 0.5) is 0 Å². The third-order valence-corrected chi connectivity index (χ3v) is 5.02. The topological polar surface area (TPSA) is 12.0 Å². The van der Waals surface area contributed by atoms with Crippen molar-refractivity contribution >= 4 is 11.8 Å². The van der Waals surface area contributed by atoms with Crippen LogP contribution in [0.2, 0.25) is 0 Å². The first-order valence-corrected chi connectivity index (χ1v) is 7.74. The number of benzene rings is 1. The van der Waals surface area contributed by atoms with Crippen molar-refractivity contribution in [1.82, 2.24) is 5.32 Å². The summed E-state index contributed by atoms with van der Waals surface area (Å²) in [4.78, 5) is 1.46. The van der Waals surface area contributed by atoms with Crippen LogP contribution in [0.3, 0.4) is 0 Å². The summed E-state index contributed by atoms with van der Waals surface area (Å²) < 4.78 is 0. The number of thioether (sulfide) groups is 1. The number of hydrogen-bond acceptors (Lipinski definition) is 2. The van der Waals surface area contributed by atoms with E-state index in [1.54, 1.807) is 0 Å². The van der Waals surface area contributed by atoms with Gasteiger partial charge in [-0.05, 0) is 68.8 Å². The molecule has 1 aliphatic heterocycles. The molecule has 1 saturated heterocycles. The van der Waals surface area contributed by atoms with Gasteiger partial charge in [0.15, 0.2) is 0 Å². The maximum Gasteiger partial charge on any atom is 0.00952 e. The van der Waals surface area contributed by atoms with E-state index in [1.807, 2.05) is 0 Å². The molecule has 1 aromatic rings. The zero-order valence-electron chi connectivity index (χ0n) is 10.3. The van der Waals surface area contributed by atoms with E-state index in [4.69, 9.17) is 0 Å². The molecule has 0 bridgehead atoms. The first-order chi connectivity index (χ1) is 8.40. The summed E-state index contributed by atoms with van der Waals surface area (Å²) in [5.41, 5.74) is 1.51. The van der Waals surface area contributed by atoms with E-state index < -0.39 is 0 Å². The van der Waals surface area contributed by atoms with Crippen LogP contribution in [0.5, 0.6) is 0 Å². The zero-order chi connectivity index (χ0) is 11.5. The molecule has 1 saturated carbocycles. The summed E-state index contributed by atoms with van der Waals surface area (Å²) in [6.45, 7) is 2.42. The van der Waals surface area contributed by atoms with Gasteiger partial charge in [-0.3, -0.25) is 0 Å². The second kappa shape index (κ2) is 5.45. The minimum Gasteiger partial charge on any atom is -0.316 e. The van der Waals surface area contributed by atoms with Crippen LogP contribution in [-0.4, -0.2) is 18.3 Å². The molecule has 1 N–H and O–H groups in total. The maximum absolute atomic E-state index is 3.50. The van der Waals surface area contributed by atoms with Crippen molar-refractivity contribution in [2.24, 2.45) is 5.92 Å². The van der Waals surface area contributed by atoms with Crippen LogP contribution in [0, 0.1) is 5.92 Å². The number of piperidine rings is 1. The lowest BCUT2D eigenvalue weighted by Crippen LogP contribution is -2.30. The van der Waals surface area contributed by atoms with Gasteiger partial charge in [-0.15, -0.1) is 11.8 Å². The van der Waals surface area contributed by atoms with Crippen LogP contribution in [0.25, 0.3) is 0 Å². The molecular formula is C15H21NS. The third-order valence-electron chi connectivity index (χ3n) is 3.67. The Bertz CT molecular complexity index is 350. The Morgan fingerprint density at radius 3 is 2.59 bits per heavy atom. The molecule has 1 aliphatic carbocycles. The molecular weight excluding hydrogens is 226 g/mol. The number of rotatable bonds is 4. The lowest BCUT2D eigenvalue weighted by molar-refractivity contribution is 0.376. The van der Waals surface area contributed by atoms with E-state index in [0.717, 1.165) is 11.2 Å². The van der Waals surface area contributed by atoms with Crippen LogP contribution >= 0.6 is 11.8 Å². The smallest absolute Gasteiger partial charge is 0.00952 e. The lowest BCUT2D eigenvalue weighted by atomic mass is 9.92. The molecule has 1 unspecified atom stereocenters. The highest BCUT2D eigenvalue weighted by molar-refractivity contribution is 8.00. The normalized spacial score (nSPS) is 24.8. The van der Waals surface area contributed by atoms with Crippen LogP contribution in [0.15, 0.2) is 29.2 Å². The van der Waals surface area contributed by atoms with Gasteiger partial charge in [0.1, 0.15) is 0 Å². The average Bonchev–Trinajstić information content (AvgIpc) is 3.17. The molecule has 1 heterocycles. The summed E-state index contributed by atoms with van der Waals surface area (Å²) in [5.74, 6) is 0.852. The fourth-order valence-corrected chi connectivity index (χ4v) is 3.56. The van der Waals surface area contributed by atoms with Gasteiger partial charge in [-0.25, -0.2) is 0 Å². The quantitative estimate of drug-likeness (QED) is 0.874. The van der Waals surface area contributed by atoms with Gasteiger partial charge in [0.2, 0.25) is 0 Å². The summed E-state index contributed by atoms with van der Waals surface area (Å²) in [6.07, 6.45) is 6.83. The summed E-state index contributed by atoms with van der Waals surface area (Å²) >= 11 is 2.05. The molecule has 1 aromatic carbocycles. The van der Waals surface area contributed by atoms with E-state index in [9.17, 15) is 0 Å². The molecule has 3 rings (SSSR count). The molecule has 2 heteroatoms. The Kier molecular flexibility index (Phi) is 3.72. The molecule has 17 heavy (non-hydrogen) atoms. The Morgan fingerprint density at radius 1 is 1.12 bits per heavy atom. The van der Waals surface area contributed by atoms with Crippen molar-refractivity contribution in [3.8, 4) is 0 Å². The average molecular weight is 247 g/mol. The maximum atomic E-state index is 3.50. The van der Waals surface area contributed by atoms with Crippen molar-refractivity contribution in [2.75, 3.05) is 13.1 Å². The van der Waals surface area contributed by atoms with E-state index in [-0.39, 0.29) is 0 Å². The summed E-state index contributed by atoms with van der Waals surface area (Å²) in [6, 6.07) is 9.29. The van der Waals surface area contributed by atoms with E-state index in [0.29, 0.717) is 0 Å². The van der Waals surface area contributed by atoms with Gasteiger partial charge >= 0.3 is 0 Å². The molecule has 1 atom stereocenters. The highest BCUT2D eigenvalue weighted by Gasteiger charge is 2.22. The van der Waals surface area contributed by atoms with Gasteiger partial charge in [0.05, 0.1) is 0 Å². The number of hydrogen-bond donors (Lipinski definition) is 1. The minimum absolute atomic E-state index is 0.852.